The fraction of sp³-hybridized carbons (Fsp3) is 0.333. The zero-order chi connectivity index (χ0) is 24.8. The molecule has 0 atom stereocenters. The summed E-state index contributed by atoms with van der Waals surface area (Å²) in [6, 6.07) is 12.0. The van der Waals surface area contributed by atoms with Crippen LogP contribution in [-0.2, 0) is 35.4 Å². The number of aromatic nitrogens is 1. The average Bonchev–Trinajstić information content (AvgIpc) is 3.22. The lowest BCUT2D eigenvalue weighted by atomic mass is 10.0. The number of benzene rings is 1. The second-order valence-corrected chi connectivity index (χ2v) is 9.71. The van der Waals surface area contributed by atoms with Crippen molar-refractivity contribution in [2.45, 2.75) is 45.6 Å². The summed E-state index contributed by atoms with van der Waals surface area (Å²) < 4.78 is 5.41. The monoisotopic (exact) mass is 488 g/mol. The van der Waals surface area contributed by atoms with Crippen LogP contribution in [0.1, 0.15) is 45.5 Å². The highest BCUT2D eigenvalue weighted by molar-refractivity contribution is 7.16. The summed E-state index contributed by atoms with van der Waals surface area (Å²) >= 11 is 1.40. The maximum Gasteiger partial charge on any atom is 0.225 e. The molecule has 8 heteroatoms. The summed E-state index contributed by atoms with van der Waals surface area (Å²) in [5.74, 6) is 0.715. The Hall–Kier alpha value is -3.70. The van der Waals surface area contributed by atoms with Crippen LogP contribution in [-0.4, -0.2) is 35.4 Å². The highest BCUT2D eigenvalue weighted by Crippen LogP contribution is 2.37. The molecule has 1 aliphatic heterocycles. The van der Waals surface area contributed by atoms with E-state index in [1.807, 2.05) is 42.2 Å². The molecule has 180 valence electrons. The zero-order valence-electron chi connectivity index (χ0n) is 20.0. The SMILES string of the molecule is COc1ccc(C)cc1CCC(=O)Nc1sc2c(c1C#N)CCN(C(=O)CCc1ccncc1)C2. The van der Waals surface area contributed by atoms with Gasteiger partial charge in [-0.05, 0) is 61.1 Å². The molecule has 0 bridgehead atoms. The van der Waals surface area contributed by atoms with Crippen molar-refractivity contribution < 1.29 is 14.3 Å². The Morgan fingerprint density at radius 1 is 1.20 bits per heavy atom. The van der Waals surface area contributed by atoms with E-state index >= 15 is 0 Å². The number of hydrogen-bond acceptors (Lipinski definition) is 6. The maximum absolute atomic E-state index is 12.8. The molecule has 2 amide bonds. The molecule has 3 aromatic rings. The zero-order valence-corrected chi connectivity index (χ0v) is 20.8. The number of hydrogen-bond donors (Lipinski definition) is 1. The molecule has 4 rings (SSSR count). The van der Waals surface area contributed by atoms with Crippen molar-refractivity contribution in [1.29, 1.82) is 5.26 Å². The van der Waals surface area contributed by atoms with E-state index in [4.69, 9.17) is 4.74 Å². The van der Waals surface area contributed by atoms with Gasteiger partial charge in [0.25, 0.3) is 0 Å². The van der Waals surface area contributed by atoms with Crippen LogP contribution < -0.4 is 10.1 Å². The van der Waals surface area contributed by atoms with Crippen molar-refractivity contribution in [3.63, 3.8) is 0 Å². The number of carbonyl (C=O) groups excluding carboxylic acids is 2. The van der Waals surface area contributed by atoms with E-state index in [0.717, 1.165) is 32.9 Å². The van der Waals surface area contributed by atoms with E-state index in [-0.39, 0.29) is 18.2 Å². The minimum absolute atomic E-state index is 0.0945. The van der Waals surface area contributed by atoms with Crippen molar-refractivity contribution in [2.24, 2.45) is 0 Å². The Bertz CT molecular complexity index is 1260. The number of aryl methyl sites for hydroxylation is 3. The normalized spacial score (nSPS) is 12.5. The molecule has 1 aliphatic rings. The Morgan fingerprint density at radius 2 is 2.00 bits per heavy atom. The van der Waals surface area contributed by atoms with E-state index in [1.165, 1.54) is 11.3 Å². The predicted octanol–water partition coefficient (Wildman–Crippen LogP) is 4.42. The first-order valence-corrected chi connectivity index (χ1v) is 12.4. The van der Waals surface area contributed by atoms with Crippen LogP contribution in [0.15, 0.2) is 42.7 Å². The molecule has 0 fully saturated rings. The summed E-state index contributed by atoms with van der Waals surface area (Å²) in [5, 5.41) is 13.3. The number of pyridine rings is 1. The minimum atomic E-state index is -0.145. The summed E-state index contributed by atoms with van der Waals surface area (Å²) in [5.41, 5.74) is 4.65. The standard InChI is InChI=1S/C27H28N4O3S/c1-18-3-6-23(34-2)20(15-18)5-7-25(32)30-27-22(16-28)21-11-14-31(17-24(21)35-27)26(33)8-4-19-9-12-29-13-10-19/h3,6,9-10,12-13,15H,4-5,7-8,11,14,17H2,1-2H3,(H,30,32). The number of carbonyl (C=O) groups is 2. The first kappa shape index (κ1) is 24.4. The van der Waals surface area contributed by atoms with Crippen molar-refractivity contribution in [2.75, 3.05) is 19.0 Å². The second-order valence-electron chi connectivity index (χ2n) is 8.60. The first-order valence-electron chi connectivity index (χ1n) is 11.6. The fourth-order valence-corrected chi connectivity index (χ4v) is 5.55. The highest BCUT2D eigenvalue weighted by atomic mass is 32.1. The van der Waals surface area contributed by atoms with Crippen LogP contribution in [0.4, 0.5) is 5.00 Å². The molecule has 1 N–H and O–H groups in total. The Kier molecular flexibility index (Phi) is 7.78. The lowest BCUT2D eigenvalue weighted by Gasteiger charge is -2.27. The predicted molar refractivity (Wildman–Crippen MR) is 135 cm³/mol. The molecular weight excluding hydrogens is 460 g/mol. The van der Waals surface area contributed by atoms with Crippen LogP contribution >= 0.6 is 11.3 Å². The van der Waals surface area contributed by atoms with E-state index in [9.17, 15) is 14.9 Å². The number of rotatable bonds is 8. The van der Waals surface area contributed by atoms with Crippen molar-refractivity contribution in [3.8, 4) is 11.8 Å². The van der Waals surface area contributed by atoms with Crippen LogP contribution in [0.2, 0.25) is 0 Å². The molecule has 0 saturated carbocycles. The second kappa shape index (κ2) is 11.2. The van der Waals surface area contributed by atoms with Crippen LogP contribution in [0.5, 0.6) is 5.75 Å². The van der Waals surface area contributed by atoms with Gasteiger partial charge in [-0.15, -0.1) is 11.3 Å². The van der Waals surface area contributed by atoms with E-state index in [1.54, 1.807) is 19.5 Å². The van der Waals surface area contributed by atoms with Gasteiger partial charge in [0.1, 0.15) is 16.8 Å². The van der Waals surface area contributed by atoms with Crippen molar-refractivity contribution in [3.05, 3.63) is 75.4 Å². The molecular formula is C27H28N4O3S. The quantitative estimate of drug-likeness (QED) is 0.506. The Morgan fingerprint density at radius 3 is 2.74 bits per heavy atom. The van der Waals surface area contributed by atoms with E-state index in [2.05, 4.69) is 16.4 Å². The molecule has 7 nitrogen and oxygen atoms in total. The molecule has 3 heterocycles. The Balaban J connectivity index is 1.38. The number of anilines is 1. The van der Waals surface area contributed by atoms with Crippen LogP contribution in [0, 0.1) is 18.3 Å². The number of nitrogens with one attached hydrogen (secondary N) is 1. The number of methoxy groups -OCH3 is 1. The third-order valence-electron chi connectivity index (χ3n) is 6.21. The van der Waals surface area contributed by atoms with Gasteiger partial charge < -0.3 is 15.0 Å². The summed E-state index contributed by atoms with van der Waals surface area (Å²) in [7, 11) is 1.62. The largest absolute Gasteiger partial charge is 0.496 e. The number of amides is 2. The number of nitriles is 1. The Labute approximate surface area is 209 Å². The number of thiophene rings is 1. The van der Waals surface area contributed by atoms with Crippen LogP contribution in [0.25, 0.3) is 0 Å². The summed E-state index contributed by atoms with van der Waals surface area (Å²) in [6.07, 6.45) is 6.01. The highest BCUT2D eigenvalue weighted by Gasteiger charge is 2.27. The molecule has 0 saturated heterocycles. The van der Waals surface area contributed by atoms with Gasteiger partial charge in [-0.2, -0.15) is 5.26 Å². The molecule has 0 unspecified atom stereocenters. The molecule has 0 spiro atoms. The average molecular weight is 489 g/mol. The molecule has 0 radical (unpaired) electrons. The number of fused-ring (bicyclic) bond motifs is 1. The van der Waals surface area contributed by atoms with Gasteiger partial charge in [0.15, 0.2) is 0 Å². The van der Waals surface area contributed by atoms with Gasteiger partial charge in [-0.25, -0.2) is 0 Å². The number of nitrogens with zero attached hydrogens (tertiary/aromatic N) is 3. The molecule has 2 aromatic heterocycles. The lowest BCUT2D eigenvalue weighted by Crippen LogP contribution is -2.35. The van der Waals surface area contributed by atoms with Gasteiger partial charge in [0, 0.05) is 36.7 Å². The minimum Gasteiger partial charge on any atom is -0.496 e. The van der Waals surface area contributed by atoms with Gasteiger partial charge >= 0.3 is 0 Å². The number of ether oxygens (including phenoxy) is 1. The third-order valence-corrected chi connectivity index (χ3v) is 7.34. The third kappa shape index (κ3) is 5.87. The van der Waals surface area contributed by atoms with Gasteiger partial charge in [-0.1, -0.05) is 17.7 Å². The van der Waals surface area contributed by atoms with Gasteiger partial charge in [-0.3, -0.25) is 14.6 Å². The van der Waals surface area contributed by atoms with E-state index < -0.39 is 0 Å². The summed E-state index contributed by atoms with van der Waals surface area (Å²) in [6.45, 7) is 3.06. The molecule has 0 aliphatic carbocycles. The van der Waals surface area contributed by atoms with Crippen molar-refractivity contribution >= 4 is 28.2 Å². The van der Waals surface area contributed by atoms with E-state index in [0.29, 0.717) is 49.3 Å². The lowest BCUT2D eigenvalue weighted by molar-refractivity contribution is -0.132. The molecule has 1 aromatic carbocycles. The molecule has 35 heavy (non-hydrogen) atoms. The van der Waals surface area contributed by atoms with Crippen molar-refractivity contribution in [1.82, 2.24) is 9.88 Å². The van der Waals surface area contributed by atoms with Gasteiger partial charge in [0.05, 0.1) is 19.2 Å². The topological polar surface area (TPSA) is 95.3 Å². The van der Waals surface area contributed by atoms with Crippen LogP contribution in [0.3, 0.4) is 0 Å². The maximum atomic E-state index is 12.8. The summed E-state index contributed by atoms with van der Waals surface area (Å²) in [4.78, 5) is 32.3. The van der Waals surface area contributed by atoms with Gasteiger partial charge in [0.2, 0.25) is 11.8 Å². The smallest absolute Gasteiger partial charge is 0.225 e. The fourth-order valence-electron chi connectivity index (χ4n) is 4.32. The first-order chi connectivity index (χ1) is 17.0.